The summed E-state index contributed by atoms with van der Waals surface area (Å²) >= 11 is 1.47. The highest BCUT2D eigenvalue weighted by atomic mass is 32.2. The summed E-state index contributed by atoms with van der Waals surface area (Å²) in [6.45, 7) is 4.90. The molecule has 4 nitrogen and oxygen atoms in total. The smallest absolute Gasteiger partial charge is 0.329 e. The van der Waals surface area contributed by atoms with E-state index in [2.05, 4.69) is 0 Å². The number of carboxylic acids is 1. The van der Waals surface area contributed by atoms with E-state index in [9.17, 15) is 14.7 Å². The predicted octanol–water partition coefficient (Wildman–Crippen LogP) is 2.38. The third kappa shape index (κ3) is 1.88. The highest BCUT2D eigenvalue weighted by Gasteiger charge is 2.43. The Kier molecular flexibility index (Phi) is 3.11. The van der Waals surface area contributed by atoms with Gasteiger partial charge in [0.15, 0.2) is 0 Å². The van der Waals surface area contributed by atoms with Crippen LogP contribution in [0.15, 0.2) is 29.2 Å². The number of carboxylic acid groups (broad SMARTS) is 1. The number of aliphatic carboxylic acids is 1. The first kappa shape index (κ1) is 13.0. The molecule has 1 aliphatic rings. The first-order chi connectivity index (χ1) is 8.35. The Morgan fingerprint density at radius 3 is 2.61 bits per heavy atom. The van der Waals surface area contributed by atoms with Crippen LogP contribution in [0.3, 0.4) is 0 Å². The maximum atomic E-state index is 12.3. The first-order valence-electron chi connectivity index (χ1n) is 5.69. The lowest BCUT2D eigenvalue weighted by atomic mass is 10.0. The van der Waals surface area contributed by atoms with Gasteiger partial charge in [-0.3, -0.25) is 9.69 Å². The van der Waals surface area contributed by atoms with Crippen LogP contribution in [0.2, 0.25) is 0 Å². The topological polar surface area (TPSA) is 57.6 Å². The van der Waals surface area contributed by atoms with E-state index in [4.69, 9.17) is 0 Å². The Labute approximate surface area is 110 Å². The highest BCUT2D eigenvalue weighted by molar-refractivity contribution is 8.01. The number of amides is 1. The van der Waals surface area contributed by atoms with E-state index in [1.165, 1.54) is 16.7 Å². The molecule has 1 aliphatic heterocycles. The van der Waals surface area contributed by atoms with Crippen LogP contribution in [-0.4, -0.2) is 27.8 Å². The van der Waals surface area contributed by atoms with Crippen LogP contribution in [0.5, 0.6) is 0 Å². The van der Waals surface area contributed by atoms with Crippen molar-refractivity contribution in [1.29, 1.82) is 0 Å². The van der Waals surface area contributed by atoms with E-state index in [0.29, 0.717) is 5.69 Å². The zero-order valence-corrected chi connectivity index (χ0v) is 11.3. The Morgan fingerprint density at radius 1 is 1.39 bits per heavy atom. The summed E-state index contributed by atoms with van der Waals surface area (Å²) in [7, 11) is 0. The molecule has 0 bridgehead atoms. The molecule has 1 atom stereocenters. The van der Waals surface area contributed by atoms with Crippen molar-refractivity contribution >= 4 is 29.3 Å². The third-order valence-electron chi connectivity index (χ3n) is 3.06. The number of para-hydroxylation sites is 1. The zero-order chi connectivity index (χ0) is 13.5. The fraction of sp³-hybridized carbons (Fsp3) is 0.385. The van der Waals surface area contributed by atoms with Crippen LogP contribution >= 0.6 is 11.8 Å². The van der Waals surface area contributed by atoms with Gasteiger partial charge in [0.2, 0.25) is 5.91 Å². The van der Waals surface area contributed by atoms with Crippen LogP contribution in [0.4, 0.5) is 5.69 Å². The minimum Gasteiger partial charge on any atom is -0.480 e. The summed E-state index contributed by atoms with van der Waals surface area (Å²) in [6.07, 6.45) is 0. The average Bonchev–Trinajstić information content (AvgIpc) is 2.30. The standard InChI is InChI=1S/C13H15NO3S/c1-8-11(15)14(13(2,3)12(16)17)9-6-4-5-7-10(9)18-8/h4-8H,1-3H3,(H,16,17). The second-order valence-electron chi connectivity index (χ2n) is 4.77. The maximum Gasteiger partial charge on any atom is 0.329 e. The molecular weight excluding hydrogens is 250 g/mol. The van der Waals surface area contributed by atoms with Crippen LogP contribution in [0.1, 0.15) is 20.8 Å². The van der Waals surface area contributed by atoms with Gasteiger partial charge >= 0.3 is 5.97 Å². The Bertz CT molecular complexity index is 513. The van der Waals surface area contributed by atoms with Crippen molar-refractivity contribution in [3.05, 3.63) is 24.3 Å². The summed E-state index contributed by atoms with van der Waals surface area (Å²) in [5.74, 6) is -1.17. The van der Waals surface area contributed by atoms with Crippen LogP contribution in [0, 0.1) is 0 Å². The minimum atomic E-state index is -1.25. The number of thioether (sulfide) groups is 1. The summed E-state index contributed by atoms with van der Waals surface area (Å²) in [6, 6.07) is 7.40. The van der Waals surface area contributed by atoms with E-state index < -0.39 is 11.5 Å². The Balaban J connectivity index is 2.58. The van der Waals surface area contributed by atoms with Crippen LogP contribution < -0.4 is 4.90 Å². The molecule has 1 aromatic carbocycles. The summed E-state index contributed by atoms with van der Waals surface area (Å²) < 4.78 is 0. The Morgan fingerprint density at radius 2 is 2.00 bits per heavy atom. The highest BCUT2D eigenvalue weighted by Crippen LogP contribution is 2.41. The average molecular weight is 265 g/mol. The fourth-order valence-electron chi connectivity index (χ4n) is 1.96. The number of anilines is 1. The van der Waals surface area contributed by atoms with Crippen molar-refractivity contribution in [3.8, 4) is 0 Å². The predicted molar refractivity (Wildman–Crippen MR) is 71.0 cm³/mol. The molecule has 0 saturated heterocycles. The molecule has 1 heterocycles. The van der Waals surface area contributed by atoms with Crippen molar-refractivity contribution in [2.75, 3.05) is 4.90 Å². The number of benzene rings is 1. The monoisotopic (exact) mass is 265 g/mol. The van der Waals surface area contributed by atoms with Gasteiger partial charge in [-0.25, -0.2) is 4.79 Å². The maximum absolute atomic E-state index is 12.3. The third-order valence-corrected chi connectivity index (χ3v) is 4.21. The number of nitrogens with zero attached hydrogens (tertiary/aromatic N) is 1. The molecule has 2 rings (SSSR count). The summed E-state index contributed by atoms with van der Waals surface area (Å²) in [4.78, 5) is 26.0. The summed E-state index contributed by atoms with van der Waals surface area (Å²) in [5.41, 5.74) is -0.569. The molecular formula is C13H15NO3S. The number of fused-ring (bicyclic) bond motifs is 1. The largest absolute Gasteiger partial charge is 0.480 e. The second kappa shape index (κ2) is 4.31. The van der Waals surface area contributed by atoms with Gasteiger partial charge < -0.3 is 5.11 Å². The number of carbonyl (C=O) groups is 2. The van der Waals surface area contributed by atoms with Crippen molar-refractivity contribution in [2.24, 2.45) is 0 Å². The van der Waals surface area contributed by atoms with E-state index in [0.717, 1.165) is 4.90 Å². The van der Waals surface area contributed by atoms with E-state index >= 15 is 0 Å². The van der Waals surface area contributed by atoms with Gasteiger partial charge in [0.25, 0.3) is 0 Å². The number of carbonyl (C=O) groups excluding carboxylic acids is 1. The molecule has 96 valence electrons. The SMILES string of the molecule is CC1Sc2ccccc2N(C(C)(C)C(=O)O)C1=O. The van der Waals surface area contributed by atoms with E-state index in [1.807, 2.05) is 18.2 Å². The number of rotatable bonds is 2. The van der Waals surface area contributed by atoms with Gasteiger partial charge in [-0.2, -0.15) is 0 Å². The normalized spacial score (nSPS) is 19.6. The number of hydrogen-bond donors (Lipinski definition) is 1. The lowest BCUT2D eigenvalue weighted by Crippen LogP contribution is -2.56. The van der Waals surface area contributed by atoms with Crippen molar-refractivity contribution in [1.82, 2.24) is 0 Å². The first-order valence-corrected chi connectivity index (χ1v) is 6.57. The van der Waals surface area contributed by atoms with Gasteiger partial charge in [-0.1, -0.05) is 12.1 Å². The molecule has 0 radical (unpaired) electrons. The zero-order valence-electron chi connectivity index (χ0n) is 10.5. The lowest BCUT2D eigenvalue weighted by Gasteiger charge is -2.40. The second-order valence-corrected chi connectivity index (χ2v) is 6.15. The molecule has 1 N–H and O–H groups in total. The molecule has 5 heteroatoms. The quantitative estimate of drug-likeness (QED) is 0.892. The van der Waals surface area contributed by atoms with Crippen molar-refractivity contribution in [3.63, 3.8) is 0 Å². The van der Waals surface area contributed by atoms with Gasteiger partial charge in [-0.15, -0.1) is 11.8 Å². The molecule has 1 unspecified atom stereocenters. The fourth-order valence-corrected chi connectivity index (χ4v) is 2.98. The molecule has 0 fully saturated rings. The molecule has 0 saturated carbocycles. The Hall–Kier alpha value is -1.49. The molecule has 1 amide bonds. The lowest BCUT2D eigenvalue weighted by molar-refractivity contribution is -0.143. The van der Waals surface area contributed by atoms with E-state index in [1.54, 1.807) is 26.8 Å². The number of hydrogen-bond acceptors (Lipinski definition) is 3. The van der Waals surface area contributed by atoms with Gasteiger partial charge in [0.1, 0.15) is 5.54 Å². The van der Waals surface area contributed by atoms with E-state index in [-0.39, 0.29) is 11.2 Å². The molecule has 1 aromatic rings. The molecule has 0 aliphatic carbocycles. The minimum absolute atomic E-state index is 0.161. The van der Waals surface area contributed by atoms with Crippen LogP contribution in [0.25, 0.3) is 0 Å². The van der Waals surface area contributed by atoms with Gasteiger partial charge in [0.05, 0.1) is 10.9 Å². The molecule has 18 heavy (non-hydrogen) atoms. The van der Waals surface area contributed by atoms with Gasteiger partial charge in [-0.05, 0) is 32.9 Å². The van der Waals surface area contributed by atoms with Crippen molar-refractivity contribution in [2.45, 2.75) is 36.5 Å². The van der Waals surface area contributed by atoms with Crippen molar-refractivity contribution < 1.29 is 14.7 Å². The molecule has 0 aromatic heterocycles. The summed E-state index contributed by atoms with van der Waals surface area (Å²) in [5, 5.41) is 9.06. The van der Waals surface area contributed by atoms with Gasteiger partial charge in [0, 0.05) is 4.90 Å². The molecule has 0 spiro atoms. The van der Waals surface area contributed by atoms with Crippen LogP contribution in [-0.2, 0) is 9.59 Å².